The van der Waals surface area contributed by atoms with Crippen molar-refractivity contribution in [3.05, 3.63) is 64.5 Å². The van der Waals surface area contributed by atoms with Gasteiger partial charge in [-0.15, -0.1) is 0 Å². The molecule has 3 N–H and O–H groups in total. The molecule has 0 fully saturated rings. The van der Waals surface area contributed by atoms with Crippen molar-refractivity contribution in [1.29, 1.82) is 0 Å². The highest BCUT2D eigenvalue weighted by atomic mass is 16.1. The number of amides is 1. The van der Waals surface area contributed by atoms with Crippen LogP contribution in [-0.2, 0) is 19.5 Å². The Labute approximate surface area is 125 Å². The Morgan fingerprint density at radius 2 is 2.05 bits per heavy atom. The van der Waals surface area contributed by atoms with E-state index in [2.05, 4.69) is 23.3 Å². The first-order valence-electron chi connectivity index (χ1n) is 7.14. The van der Waals surface area contributed by atoms with Gasteiger partial charge in [-0.05, 0) is 48.2 Å². The number of pyridine rings is 1. The Morgan fingerprint density at radius 3 is 2.71 bits per heavy atom. The SMILES string of the molecule is CCc1cccnc1CNCc1ccc(C(N)=O)cc1C. The van der Waals surface area contributed by atoms with Crippen LogP contribution in [-0.4, -0.2) is 10.9 Å². The van der Waals surface area contributed by atoms with Gasteiger partial charge in [-0.3, -0.25) is 9.78 Å². The van der Waals surface area contributed by atoms with Crippen LogP contribution in [0.2, 0.25) is 0 Å². The molecule has 0 atom stereocenters. The zero-order valence-corrected chi connectivity index (χ0v) is 12.5. The van der Waals surface area contributed by atoms with Crippen molar-refractivity contribution in [2.45, 2.75) is 33.4 Å². The highest BCUT2D eigenvalue weighted by molar-refractivity contribution is 5.93. The zero-order valence-electron chi connectivity index (χ0n) is 12.5. The van der Waals surface area contributed by atoms with Crippen molar-refractivity contribution in [3.63, 3.8) is 0 Å². The molecular weight excluding hydrogens is 262 g/mol. The standard InChI is InChI=1S/C17H21N3O/c1-3-13-5-4-8-20-16(13)11-19-10-15-7-6-14(17(18)21)9-12(15)2/h4-9,19H,3,10-11H2,1-2H3,(H2,18,21). The Kier molecular flexibility index (Phi) is 5.06. The maximum absolute atomic E-state index is 11.1. The van der Waals surface area contributed by atoms with Gasteiger partial charge in [-0.25, -0.2) is 0 Å². The third kappa shape index (κ3) is 3.89. The Balaban J connectivity index is 1.99. The number of hydrogen-bond donors (Lipinski definition) is 2. The van der Waals surface area contributed by atoms with Gasteiger partial charge in [0.2, 0.25) is 5.91 Å². The average molecular weight is 283 g/mol. The van der Waals surface area contributed by atoms with Crippen molar-refractivity contribution in [2.75, 3.05) is 0 Å². The second-order valence-electron chi connectivity index (χ2n) is 5.07. The summed E-state index contributed by atoms with van der Waals surface area (Å²) >= 11 is 0. The molecule has 110 valence electrons. The molecule has 0 aliphatic heterocycles. The van der Waals surface area contributed by atoms with Gasteiger partial charge >= 0.3 is 0 Å². The van der Waals surface area contributed by atoms with Gasteiger partial charge in [-0.1, -0.05) is 19.1 Å². The number of hydrogen-bond acceptors (Lipinski definition) is 3. The van der Waals surface area contributed by atoms with Crippen LogP contribution in [0.25, 0.3) is 0 Å². The maximum Gasteiger partial charge on any atom is 0.248 e. The number of benzene rings is 1. The molecule has 0 unspecified atom stereocenters. The summed E-state index contributed by atoms with van der Waals surface area (Å²) in [5, 5.41) is 3.40. The highest BCUT2D eigenvalue weighted by Gasteiger charge is 2.05. The van der Waals surface area contributed by atoms with Crippen molar-refractivity contribution < 1.29 is 4.79 Å². The number of nitrogens with zero attached hydrogens (tertiary/aromatic N) is 1. The molecule has 0 radical (unpaired) electrons. The van der Waals surface area contributed by atoms with Crippen LogP contribution in [0, 0.1) is 6.92 Å². The molecule has 4 heteroatoms. The van der Waals surface area contributed by atoms with E-state index in [1.54, 1.807) is 6.07 Å². The lowest BCUT2D eigenvalue weighted by Gasteiger charge is -2.10. The smallest absolute Gasteiger partial charge is 0.248 e. The summed E-state index contributed by atoms with van der Waals surface area (Å²) in [5.41, 5.74) is 10.4. The fraction of sp³-hybridized carbons (Fsp3) is 0.294. The first-order valence-corrected chi connectivity index (χ1v) is 7.14. The van der Waals surface area contributed by atoms with Crippen LogP contribution in [0.5, 0.6) is 0 Å². The second kappa shape index (κ2) is 6.99. The minimum Gasteiger partial charge on any atom is -0.366 e. The molecule has 0 saturated carbocycles. The molecule has 0 spiro atoms. The van der Waals surface area contributed by atoms with Gasteiger partial charge in [0.25, 0.3) is 0 Å². The molecule has 21 heavy (non-hydrogen) atoms. The molecule has 1 heterocycles. The van der Waals surface area contributed by atoms with E-state index in [4.69, 9.17) is 5.73 Å². The van der Waals surface area contributed by atoms with Gasteiger partial charge in [0.15, 0.2) is 0 Å². The Bertz CT molecular complexity index is 638. The number of aryl methyl sites for hydroxylation is 2. The summed E-state index contributed by atoms with van der Waals surface area (Å²) in [4.78, 5) is 15.5. The molecule has 0 bridgehead atoms. The molecule has 0 aliphatic rings. The fourth-order valence-corrected chi connectivity index (χ4v) is 2.32. The molecule has 2 rings (SSSR count). The first kappa shape index (κ1) is 15.2. The predicted octanol–water partition coefficient (Wildman–Crippen LogP) is 2.34. The van der Waals surface area contributed by atoms with E-state index in [9.17, 15) is 4.79 Å². The van der Waals surface area contributed by atoms with Crippen molar-refractivity contribution in [3.8, 4) is 0 Å². The van der Waals surface area contributed by atoms with Crippen LogP contribution in [0.3, 0.4) is 0 Å². The lowest BCUT2D eigenvalue weighted by Crippen LogP contribution is -2.16. The first-order chi connectivity index (χ1) is 10.1. The monoisotopic (exact) mass is 283 g/mol. The van der Waals surface area contributed by atoms with Crippen LogP contribution in [0.4, 0.5) is 0 Å². The Hall–Kier alpha value is -2.20. The average Bonchev–Trinajstić information content (AvgIpc) is 2.49. The second-order valence-corrected chi connectivity index (χ2v) is 5.07. The molecule has 0 aliphatic carbocycles. The molecule has 0 saturated heterocycles. The largest absolute Gasteiger partial charge is 0.366 e. The van der Waals surface area contributed by atoms with Crippen molar-refractivity contribution >= 4 is 5.91 Å². The zero-order chi connectivity index (χ0) is 15.2. The molecule has 2 aromatic rings. The van der Waals surface area contributed by atoms with E-state index < -0.39 is 5.91 Å². The fourth-order valence-electron chi connectivity index (χ4n) is 2.32. The number of nitrogens with one attached hydrogen (secondary N) is 1. The summed E-state index contributed by atoms with van der Waals surface area (Å²) < 4.78 is 0. The summed E-state index contributed by atoms with van der Waals surface area (Å²) in [6.07, 6.45) is 2.81. The van der Waals surface area contributed by atoms with Gasteiger partial charge < -0.3 is 11.1 Å². The van der Waals surface area contributed by atoms with E-state index in [0.717, 1.165) is 36.3 Å². The predicted molar refractivity (Wildman–Crippen MR) is 83.9 cm³/mol. The van der Waals surface area contributed by atoms with Gasteiger partial charge in [-0.2, -0.15) is 0 Å². The number of aromatic nitrogens is 1. The molecule has 1 aromatic carbocycles. The molecule has 1 aromatic heterocycles. The van der Waals surface area contributed by atoms with Gasteiger partial charge in [0, 0.05) is 24.8 Å². The quantitative estimate of drug-likeness (QED) is 0.855. The molecular formula is C17H21N3O. The van der Waals surface area contributed by atoms with E-state index in [0.29, 0.717) is 5.56 Å². The summed E-state index contributed by atoms with van der Waals surface area (Å²) in [6.45, 7) is 5.60. The van der Waals surface area contributed by atoms with Crippen molar-refractivity contribution in [2.24, 2.45) is 5.73 Å². The number of carbonyl (C=O) groups excluding carboxylic acids is 1. The maximum atomic E-state index is 11.1. The van der Waals surface area contributed by atoms with Crippen LogP contribution in [0.15, 0.2) is 36.5 Å². The number of carbonyl (C=O) groups is 1. The van der Waals surface area contributed by atoms with Crippen LogP contribution < -0.4 is 11.1 Å². The molecule has 4 nitrogen and oxygen atoms in total. The van der Waals surface area contributed by atoms with Gasteiger partial charge in [0.1, 0.15) is 0 Å². The lowest BCUT2D eigenvalue weighted by molar-refractivity contribution is 0.1000. The lowest BCUT2D eigenvalue weighted by atomic mass is 10.0. The summed E-state index contributed by atoms with van der Waals surface area (Å²) in [6, 6.07) is 9.62. The Morgan fingerprint density at radius 1 is 1.24 bits per heavy atom. The number of nitrogens with two attached hydrogens (primary N) is 1. The van der Waals surface area contributed by atoms with E-state index in [1.807, 2.05) is 31.3 Å². The van der Waals surface area contributed by atoms with Crippen LogP contribution in [0.1, 0.15) is 39.7 Å². The van der Waals surface area contributed by atoms with E-state index in [-0.39, 0.29) is 0 Å². The third-order valence-corrected chi connectivity index (χ3v) is 3.60. The van der Waals surface area contributed by atoms with E-state index >= 15 is 0 Å². The van der Waals surface area contributed by atoms with Crippen LogP contribution >= 0.6 is 0 Å². The number of rotatable bonds is 6. The minimum absolute atomic E-state index is 0.390. The summed E-state index contributed by atoms with van der Waals surface area (Å²) in [7, 11) is 0. The van der Waals surface area contributed by atoms with Gasteiger partial charge in [0.05, 0.1) is 5.69 Å². The third-order valence-electron chi connectivity index (χ3n) is 3.60. The van der Waals surface area contributed by atoms with E-state index in [1.165, 1.54) is 5.56 Å². The van der Waals surface area contributed by atoms with Crippen molar-refractivity contribution in [1.82, 2.24) is 10.3 Å². The number of primary amides is 1. The highest BCUT2D eigenvalue weighted by Crippen LogP contribution is 2.11. The minimum atomic E-state index is -0.390. The normalized spacial score (nSPS) is 10.6. The summed E-state index contributed by atoms with van der Waals surface area (Å²) in [5.74, 6) is -0.390. The topological polar surface area (TPSA) is 68.0 Å². The molecule has 1 amide bonds.